The van der Waals surface area contributed by atoms with Crippen molar-refractivity contribution in [2.75, 3.05) is 0 Å². The van der Waals surface area contributed by atoms with Crippen molar-refractivity contribution in [2.24, 2.45) is 0 Å². The molecular formula is C19H24N4O3S. The highest BCUT2D eigenvalue weighted by Crippen LogP contribution is 2.25. The van der Waals surface area contributed by atoms with Gasteiger partial charge in [0.15, 0.2) is 0 Å². The monoisotopic (exact) mass is 388 g/mol. The van der Waals surface area contributed by atoms with Crippen LogP contribution in [-0.4, -0.2) is 23.2 Å². The van der Waals surface area contributed by atoms with Gasteiger partial charge in [-0.3, -0.25) is 9.48 Å². The summed E-state index contributed by atoms with van der Waals surface area (Å²) in [6.45, 7) is 10.2. The van der Waals surface area contributed by atoms with E-state index in [9.17, 15) is 13.2 Å². The fourth-order valence-corrected chi connectivity index (χ4v) is 4.81. The zero-order valence-electron chi connectivity index (χ0n) is 16.1. The maximum atomic E-state index is 12.9. The van der Waals surface area contributed by atoms with E-state index < -0.39 is 16.1 Å². The second-order valence-electron chi connectivity index (χ2n) is 6.77. The van der Waals surface area contributed by atoms with Crippen molar-refractivity contribution >= 4 is 20.9 Å². The first kappa shape index (κ1) is 19.3. The van der Waals surface area contributed by atoms with Crippen molar-refractivity contribution in [3.63, 3.8) is 0 Å². The van der Waals surface area contributed by atoms with E-state index in [-0.39, 0.29) is 10.5 Å². The van der Waals surface area contributed by atoms with Gasteiger partial charge in [0.1, 0.15) is 0 Å². The number of H-pyrrole nitrogens is 1. The zero-order valence-corrected chi connectivity index (χ0v) is 16.9. The number of aromatic amines is 1. The molecule has 144 valence electrons. The number of nitrogens with zero attached hydrogens (tertiary/aromatic N) is 2. The Morgan fingerprint density at radius 1 is 1.22 bits per heavy atom. The lowest BCUT2D eigenvalue weighted by Crippen LogP contribution is -2.27. The van der Waals surface area contributed by atoms with E-state index in [0.717, 1.165) is 29.1 Å². The lowest BCUT2D eigenvalue weighted by Gasteiger charge is -2.16. The second kappa shape index (κ2) is 6.94. The van der Waals surface area contributed by atoms with Crippen LogP contribution in [0.25, 0.3) is 10.9 Å². The zero-order chi connectivity index (χ0) is 19.9. The molecular weight excluding hydrogens is 364 g/mol. The summed E-state index contributed by atoms with van der Waals surface area (Å²) >= 11 is 0. The third-order valence-electron chi connectivity index (χ3n) is 4.83. The molecule has 0 aliphatic heterocycles. The lowest BCUT2D eigenvalue weighted by atomic mass is 10.1. The van der Waals surface area contributed by atoms with E-state index >= 15 is 0 Å². The average molecular weight is 388 g/mol. The van der Waals surface area contributed by atoms with Crippen LogP contribution in [0.15, 0.2) is 34.0 Å². The molecule has 1 atom stereocenters. The smallest absolute Gasteiger partial charge is 0.248 e. The summed E-state index contributed by atoms with van der Waals surface area (Å²) in [7, 11) is -3.74. The fraction of sp³-hybridized carbons (Fsp3) is 0.368. The summed E-state index contributed by atoms with van der Waals surface area (Å²) in [4.78, 5) is 14.5. The van der Waals surface area contributed by atoms with Gasteiger partial charge in [0.2, 0.25) is 15.6 Å². The molecule has 2 heterocycles. The molecule has 3 rings (SSSR count). The largest absolute Gasteiger partial charge is 0.322 e. The fourth-order valence-electron chi connectivity index (χ4n) is 3.57. The maximum absolute atomic E-state index is 12.9. The number of rotatable bonds is 5. The van der Waals surface area contributed by atoms with Crippen molar-refractivity contribution in [1.82, 2.24) is 19.5 Å². The minimum absolute atomic E-state index is 0.162. The van der Waals surface area contributed by atoms with E-state index in [1.807, 2.05) is 32.4 Å². The van der Waals surface area contributed by atoms with Crippen LogP contribution in [0.3, 0.4) is 0 Å². The Labute approximate surface area is 158 Å². The first-order valence-electron chi connectivity index (χ1n) is 8.84. The Balaban J connectivity index is 1.99. The number of sulfonamides is 1. The Hall–Kier alpha value is -2.45. The quantitative estimate of drug-likeness (QED) is 0.702. The molecule has 2 N–H and O–H groups in total. The Bertz CT molecular complexity index is 1180. The van der Waals surface area contributed by atoms with Crippen molar-refractivity contribution < 1.29 is 8.42 Å². The van der Waals surface area contributed by atoms with Crippen LogP contribution >= 0.6 is 0 Å². The van der Waals surface area contributed by atoms with E-state index in [4.69, 9.17) is 0 Å². The summed E-state index contributed by atoms with van der Waals surface area (Å²) in [5.74, 6) is 0. The number of benzene rings is 1. The van der Waals surface area contributed by atoms with Crippen LogP contribution in [-0.2, 0) is 16.6 Å². The van der Waals surface area contributed by atoms with Crippen LogP contribution in [0.5, 0.6) is 0 Å². The topological polar surface area (TPSA) is 96.8 Å². The molecule has 0 radical (unpaired) electrons. The van der Waals surface area contributed by atoms with Gasteiger partial charge in [-0.05, 0) is 58.4 Å². The van der Waals surface area contributed by atoms with Crippen LogP contribution in [0.4, 0.5) is 0 Å². The molecule has 0 aliphatic carbocycles. The number of hydrogen-bond donors (Lipinski definition) is 2. The van der Waals surface area contributed by atoms with Gasteiger partial charge in [0.05, 0.1) is 10.6 Å². The molecule has 1 aromatic carbocycles. The molecule has 0 saturated carbocycles. The van der Waals surface area contributed by atoms with Crippen molar-refractivity contribution in [1.29, 1.82) is 0 Å². The Morgan fingerprint density at radius 2 is 1.93 bits per heavy atom. The van der Waals surface area contributed by atoms with Gasteiger partial charge in [-0.15, -0.1) is 0 Å². The third kappa shape index (κ3) is 3.54. The number of aryl methyl sites for hydroxylation is 3. The molecule has 0 saturated heterocycles. The lowest BCUT2D eigenvalue weighted by molar-refractivity contribution is 0.565. The van der Waals surface area contributed by atoms with Crippen LogP contribution < -0.4 is 10.3 Å². The Kier molecular flexibility index (Phi) is 4.96. The number of pyridine rings is 1. The van der Waals surface area contributed by atoms with E-state index in [2.05, 4.69) is 14.8 Å². The molecule has 8 heteroatoms. The van der Waals surface area contributed by atoms with Gasteiger partial charge in [-0.2, -0.15) is 5.10 Å². The molecule has 0 bridgehead atoms. The van der Waals surface area contributed by atoms with Crippen LogP contribution in [0.2, 0.25) is 0 Å². The minimum Gasteiger partial charge on any atom is -0.322 e. The van der Waals surface area contributed by atoms with Gasteiger partial charge < -0.3 is 4.98 Å². The predicted molar refractivity (Wildman–Crippen MR) is 105 cm³/mol. The summed E-state index contributed by atoms with van der Waals surface area (Å²) < 4.78 is 30.5. The minimum atomic E-state index is -3.74. The molecule has 3 aromatic rings. The molecule has 7 nitrogen and oxygen atoms in total. The summed E-state index contributed by atoms with van der Waals surface area (Å²) in [5.41, 5.74) is 3.80. The first-order valence-corrected chi connectivity index (χ1v) is 10.3. The van der Waals surface area contributed by atoms with Crippen molar-refractivity contribution in [3.8, 4) is 0 Å². The number of fused-ring (bicyclic) bond motifs is 1. The molecule has 0 amide bonds. The van der Waals surface area contributed by atoms with Gasteiger partial charge in [-0.1, -0.05) is 0 Å². The molecule has 0 unspecified atom stereocenters. The van der Waals surface area contributed by atoms with Crippen LogP contribution in [0.1, 0.15) is 42.4 Å². The number of hydrogen-bond acceptors (Lipinski definition) is 4. The maximum Gasteiger partial charge on any atom is 0.248 e. The highest BCUT2D eigenvalue weighted by molar-refractivity contribution is 7.89. The number of nitrogens with one attached hydrogen (secondary N) is 2. The third-order valence-corrected chi connectivity index (χ3v) is 6.37. The van der Waals surface area contributed by atoms with Crippen LogP contribution in [0, 0.1) is 20.8 Å². The summed E-state index contributed by atoms with van der Waals surface area (Å²) in [6, 6.07) is 5.75. The van der Waals surface area contributed by atoms with Gasteiger partial charge in [-0.25, -0.2) is 13.1 Å². The van der Waals surface area contributed by atoms with Gasteiger partial charge in [0.25, 0.3) is 0 Å². The molecule has 0 fully saturated rings. The van der Waals surface area contributed by atoms with E-state index in [1.54, 1.807) is 19.1 Å². The summed E-state index contributed by atoms with van der Waals surface area (Å²) in [5, 5.41) is 5.17. The SMILES string of the molecule is CCn1nc(C)c([C@H](C)NS(=O)(=O)c2ccc3[nH]c(=O)cc(C)c3c2)c1C. The van der Waals surface area contributed by atoms with Crippen molar-refractivity contribution in [2.45, 2.75) is 52.1 Å². The highest BCUT2D eigenvalue weighted by Gasteiger charge is 2.23. The second-order valence-corrected chi connectivity index (χ2v) is 8.48. The molecule has 27 heavy (non-hydrogen) atoms. The van der Waals surface area contributed by atoms with Gasteiger partial charge >= 0.3 is 0 Å². The average Bonchev–Trinajstić information content (AvgIpc) is 2.87. The molecule has 0 spiro atoms. The predicted octanol–water partition coefficient (Wildman–Crippen LogP) is 2.71. The normalized spacial score (nSPS) is 13.2. The van der Waals surface area contributed by atoms with E-state index in [1.165, 1.54) is 12.1 Å². The summed E-state index contributed by atoms with van der Waals surface area (Å²) in [6.07, 6.45) is 0. The first-order chi connectivity index (χ1) is 12.6. The van der Waals surface area contributed by atoms with Crippen molar-refractivity contribution in [3.05, 3.63) is 57.1 Å². The van der Waals surface area contributed by atoms with E-state index in [0.29, 0.717) is 10.9 Å². The Morgan fingerprint density at radius 3 is 2.56 bits per heavy atom. The number of aromatic nitrogens is 3. The van der Waals surface area contributed by atoms with Gasteiger partial charge in [0, 0.05) is 40.8 Å². The molecule has 0 aliphatic rings. The highest BCUT2D eigenvalue weighted by atomic mass is 32.2. The standard InChI is InChI=1S/C19H24N4O3S/c1-6-23-14(5)19(12(3)21-23)13(4)22-27(25,26)15-7-8-17-16(10-15)11(2)9-18(24)20-17/h7-10,13,22H,6H2,1-5H3,(H,20,24)/t13-/m0/s1. The molecule has 2 aromatic heterocycles.